The zero-order valence-corrected chi connectivity index (χ0v) is 13.5. The summed E-state index contributed by atoms with van der Waals surface area (Å²) in [5.41, 5.74) is 4.04. The largest absolute Gasteiger partial charge is 0.306 e. The standard InChI is InChI=1S/C18H21ClFN/c1-4-9-21-18(14-6-8-17(20)13(3)10-14)16-11-15(19)7-5-12(16)2/h5-8,10-11,18,21H,4,9H2,1-3H3. The van der Waals surface area contributed by atoms with Crippen molar-refractivity contribution in [1.29, 1.82) is 0 Å². The van der Waals surface area contributed by atoms with Crippen molar-refractivity contribution in [3.8, 4) is 0 Å². The van der Waals surface area contributed by atoms with Crippen molar-refractivity contribution in [3.63, 3.8) is 0 Å². The van der Waals surface area contributed by atoms with E-state index in [9.17, 15) is 4.39 Å². The lowest BCUT2D eigenvalue weighted by Crippen LogP contribution is -2.24. The van der Waals surface area contributed by atoms with Gasteiger partial charge in [0, 0.05) is 5.02 Å². The van der Waals surface area contributed by atoms with E-state index in [1.807, 2.05) is 30.3 Å². The van der Waals surface area contributed by atoms with Gasteiger partial charge in [0.1, 0.15) is 5.82 Å². The van der Waals surface area contributed by atoms with Crippen LogP contribution in [0.4, 0.5) is 4.39 Å². The molecule has 0 heterocycles. The summed E-state index contributed by atoms with van der Waals surface area (Å²) in [4.78, 5) is 0. The summed E-state index contributed by atoms with van der Waals surface area (Å²) in [5.74, 6) is -0.171. The Morgan fingerprint density at radius 3 is 2.52 bits per heavy atom. The number of benzene rings is 2. The lowest BCUT2D eigenvalue weighted by Gasteiger charge is -2.22. The van der Waals surface area contributed by atoms with Gasteiger partial charge < -0.3 is 5.32 Å². The molecule has 3 heteroatoms. The summed E-state index contributed by atoms with van der Waals surface area (Å²) in [6.07, 6.45) is 1.04. The van der Waals surface area contributed by atoms with Crippen LogP contribution in [0.3, 0.4) is 0 Å². The monoisotopic (exact) mass is 305 g/mol. The molecule has 0 aliphatic heterocycles. The summed E-state index contributed by atoms with van der Waals surface area (Å²) < 4.78 is 13.5. The van der Waals surface area contributed by atoms with Crippen molar-refractivity contribution in [1.82, 2.24) is 5.32 Å². The highest BCUT2D eigenvalue weighted by molar-refractivity contribution is 6.30. The van der Waals surface area contributed by atoms with Crippen molar-refractivity contribution in [3.05, 3.63) is 69.5 Å². The van der Waals surface area contributed by atoms with Gasteiger partial charge in [-0.05, 0) is 67.3 Å². The van der Waals surface area contributed by atoms with Crippen LogP contribution in [0.25, 0.3) is 0 Å². The SMILES string of the molecule is CCCNC(c1ccc(F)c(C)c1)c1cc(Cl)ccc1C. The average Bonchev–Trinajstić information content (AvgIpc) is 2.46. The van der Waals surface area contributed by atoms with E-state index in [1.165, 1.54) is 11.6 Å². The number of halogens is 2. The summed E-state index contributed by atoms with van der Waals surface area (Å²) in [6.45, 7) is 6.89. The molecule has 0 amide bonds. The molecule has 0 saturated heterocycles. The number of rotatable bonds is 5. The Bertz CT molecular complexity index is 625. The summed E-state index contributed by atoms with van der Waals surface area (Å²) >= 11 is 6.15. The van der Waals surface area contributed by atoms with Crippen LogP contribution in [-0.4, -0.2) is 6.54 Å². The minimum atomic E-state index is -0.171. The van der Waals surface area contributed by atoms with Crippen LogP contribution >= 0.6 is 11.6 Å². The van der Waals surface area contributed by atoms with Gasteiger partial charge in [0.15, 0.2) is 0 Å². The Balaban J connectivity index is 2.46. The van der Waals surface area contributed by atoms with E-state index in [0.717, 1.165) is 29.1 Å². The molecule has 1 atom stereocenters. The minimum absolute atomic E-state index is 0.0305. The molecular weight excluding hydrogens is 285 g/mol. The molecule has 112 valence electrons. The van der Waals surface area contributed by atoms with E-state index in [2.05, 4.69) is 19.2 Å². The predicted octanol–water partition coefficient (Wildman–Crippen LogP) is 5.18. The normalized spacial score (nSPS) is 12.4. The molecule has 0 saturated carbocycles. The van der Waals surface area contributed by atoms with Gasteiger partial charge in [-0.1, -0.05) is 36.7 Å². The van der Waals surface area contributed by atoms with Gasteiger partial charge in [0.2, 0.25) is 0 Å². The lowest BCUT2D eigenvalue weighted by atomic mass is 9.94. The Morgan fingerprint density at radius 1 is 1.10 bits per heavy atom. The lowest BCUT2D eigenvalue weighted by molar-refractivity contribution is 0.588. The van der Waals surface area contributed by atoms with Gasteiger partial charge in [-0.25, -0.2) is 4.39 Å². The fraction of sp³-hybridized carbons (Fsp3) is 0.333. The van der Waals surface area contributed by atoms with E-state index in [1.54, 1.807) is 6.92 Å². The maximum absolute atomic E-state index is 13.5. The maximum atomic E-state index is 13.5. The first-order chi connectivity index (χ1) is 10.0. The van der Waals surface area contributed by atoms with Crippen LogP contribution < -0.4 is 5.32 Å². The quantitative estimate of drug-likeness (QED) is 0.802. The first-order valence-corrected chi connectivity index (χ1v) is 7.66. The van der Waals surface area contributed by atoms with E-state index in [-0.39, 0.29) is 11.9 Å². The smallest absolute Gasteiger partial charge is 0.126 e. The molecule has 2 aromatic rings. The fourth-order valence-corrected chi connectivity index (χ4v) is 2.65. The van der Waals surface area contributed by atoms with Crippen LogP contribution in [-0.2, 0) is 0 Å². The van der Waals surface area contributed by atoms with E-state index in [0.29, 0.717) is 5.56 Å². The zero-order valence-electron chi connectivity index (χ0n) is 12.7. The van der Waals surface area contributed by atoms with Crippen molar-refractivity contribution < 1.29 is 4.39 Å². The van der Waals surface area contributed by atoms with E-state index in [4.69, 9.17) is 11.6 Å². The summed E-state index contributed by atoms with van der Waals surface area (Å²) in [5, 5.41) is 4.26. The van der Waals surface area contributed by atoms with Gasteiger partial charge in [0.05, 0.1) is 6.04 Å². The highest BCUT2D eigenvalue weighted by atomic mass is 35.5. The molecule has 0 spiro atoms. The Hall–Kier alpha value is -1.38. The van der Waals surface area contributed by atoms with Crippen LogP contribution in [0, 0.1) is 19.7 Å². The van der Waals surface area contributed by atoms with Crippen LogP contribution in [0.15, 0.2) is 36.4 Å². The first kappa shape index (κ1) is 16.0. The summed E-state index contributed by atoms with van der Waals surface area (Å²) in [6, 6.07) is 11.2. The zero-order chi connectivity index (χ0) is 15.4. The van der Waals surface area contributed by atoms with Crippen molar-refractivity contribution in [2.24, 2.45) is 0 Å². The third-order valence-electron chi connectivity index (χ3n) is 3.67. The second-order valence-electron chi connectivity index (χ2n) is 5.40. The minimum Gasteiger partial charge on any atom is -0.306 e. The first-order valence-electron chi connectivity index (χ1n) is 7.28. The van der Waals surface area contributed by atoms with Gasteiger partial charge in [-0.15, -0.1) is 0 Å². The number of aryl methyl sites for hydroxylation is 2. The van der Waals surface area contributed by atoms with Gasteiger partial charge in [-0.3, -0.25) is 0 Å². The molecule has 1 nitrogen and oxygen atoms in total. The second kappa shape index (κ2) is 7.06. The average molecular weight is 306 g/mol. The third-order valence-corrected chi connectivity index (χ3v) is 3.90. The molecule has 2 aromatic carbocycles. The molecule has 0 bridgehead atoms. The van der Waals surface area contributed by atoms with Crippen LogP contribution in [0.5, 0.6) is 0 Å². The van der Waals surface area contributed by atoms with Gasteiger partial charge >= 0.3 is 0 Å². The topological polar surface area (TPSA) is 12.0 Å². The van der Waals surface area contributed by atoms with E-state index < -0.39 is 0 Å². The van der Waals surface area contributed by atoms with Crippen molar-refractivity contribution in [2.75, 3.05) is 6.54 Å². The molecule has 0 aromatic heterocycles. The molecule has 0 aliphatic carbocycles. The predicted molar refractivity (Wildman–Crippen MR) is 87.5 cm³/mol. The molecule has 1 N–H and O–H groups in total. The Labute approximate surface area is 131 Å². The van der Waals surface area contributed by atoms with Crippen LogP contribution in [0.2, 0.25) is 5.02 Å². The number of hydrogen-bond acceptors (Lipinski definition) is 1. The number of hydrogen-bond donors (Lipinski definition) is 1. The molecule has 0 aliphatic rings. The van der Waals surface area contributed by atoms with Gasteiger partial charge in [-0.2, -0.15) is 0 Å². The molecular formula is C18H21ClFN. The molecule has 21 heavy (non-hydrogen) atoms. The third kappa shape index (κ3) is 3.84. The highest BCUT2D eigenvalue weighted by Crippen LogP contribution is 2.28. The van der Waals surface area contributed by atoms with E-state index >= 15 is 0 Å². The molecule has 1 unspecified atom stereocenters. The molecule has 0 radical (unpaired) electrons. The van der Waals surface area contributed by atoms with Gasteiger partial charge in [0.25, 0.3) is 0 Å². The Kier molecular flexibility index (Phi) is 5.38. The molecule has 2 rings (SSSR count). The van der Waals surface area contributed by atoms with Crippen LogP contribution in [0.1, 0.15) is 41.6 Å². The Morgan fingerprint density at radius 2 is 1.86 bits per heavy atom. The van der Waals surface area contributed by atoms with Crippen molar-refractivity contribution >= 4 is 11.6 Å². The number of nitrogens with one attached hydrogen (secondary N) is 1. The van der Waals surface area contributed by atoms with Crippen molar-refractivity contribution in [2.45, 2.75) is 33.2 Å². The highest BCUT2D eigenvalue weighted by Gasteiger charge is 2.16. The maximum Gasteiger partial charge on any atom is 0.126 e. The fourth-order valence-electron chi connectivity index (χ4n) is 2.47. The summed E-state index contributed by atoms with van der Waals surface area (Å²) in [7, 11) is 0. The molecule has 0 fully saturated rings. The second-order valence-corrected chi connectivity index (χ2v) is 5.83.